The van der Waals surface area contributed by atoms with Crippen molar-refractivity contribution in [2.45, 2.75) is 50.6 Å². The standard InChI is InChI=1S/C24H27N3O3/c1-24(15-14-17-8-3-2-4-9-17)22(29)27(23(30)26-24)16-21(28)25-20-13-7-11-18-10-5-6-12-19(18)20/h2-6,8-10,12,20H,7,11,13-16H2,1H3,(H,25,28)(H,26,30)/t20-,24-/m1/s1. The van der Waals surface area contributed by atoms with Gasteiger partial charge in [-0.2, -0.15) is 0 Å². The van der Waals surface area contributed by atoms with Gasteiger partial charge in [-0.1, -0.05) is 54.6 Å². The van der Waals surface area contributed by atoms with E-state index in [1.54, 1.807) is 6.92 Å². The first kappa shape index (κ1) is 20.1. The summed E-state index contributed by atoms with van der Waals surface area (Å²) in [5.41, 5.74) is 2.48. The highest BCUT2D eigenvalue weighted by atomic mass is 16.2. The molecule has 0 unspecified atom stereocenters. The number of urea groups is 1. The van der Waals surface area contributed by atoms with E-state index in [2.05, 4.69) is 16.7 Å². The molecule has 1 fully saturated rings. The molecule has 6 heteroatoms. The average molecular weight is 405 g/mol. The molecular formula is C24H27N3O3. The average Bonchev–Trinajstić information content (AvgIpc) is 2.97. The molecule has 2 aromatic rings. The second kappa shape index (κ2) is 8.30. The Hall–Kier alpha value is -3.15. The smallest absolute Gasteiger partial charge is 0.325 e. The molecule has 2 atom stereocenters. The summed E-state index contributed by atoms with van der Waals surface area (Å²) < 4.78 is 0. The predicted octanol–water partition coefficient (Wildman–Crippen LogP) is 3.12. The number of rotatable bonds is 6. The second-order valence-corrected chi connectivity index (χ2v) is 8.35. The van der Waals surface area contributed by atoms with Crippen LogP contribution in [-0.4, -0.2) is 34.8 Å². The Bertz CT molecular complexity index is 959. The maximum absolute atomic E-state index is 12.9. The van der Waals surface area contributed by atoms with Gasteiger partial charge in [0, 0.05) is 0 Å². The van der Waals surface area contributed by atoms with Gasteiger partial charge in [0.15, 0.2) is 0 Å². The number of hydrogen-bond donors (Lipinski definition) is 2. The van der Waals surface area contributed by atoms with Gasteiger partial charge in [-0.25, -0.2) is 4.79 Å². The van der Waals surface area contributed by atoms with Crippen molar-refractivity contribution in [2.75, 3.05) is 6.54 Å². The molecule has 1 heterocycles. The number of aryl methyl sites for hydroxylation is 2. The molecule has 0 saturated carbocycles. The molecule has 6 nitrogen and oxygen atoms in total. The molecule has 2 N–H and O–H groups in total. The molecular weight excluding hydrogens is 378 g/mol. The zero-order valence-corrected chi connectivity index (χ0v) is 17.2. The molecule has 0 aromatic heterocycles. The molecule has 156 valence electrons. The van der Waals surface area contributed by atoms with E-state index >= 15 is 0 Å². The Labute approximate surface area is 176 Å². The van der Waals surface area contributed by atoms with E-state index < -0.39 is 11.6 Å². The van der Waals surface area contributed by atoms with Crippen molar-refractivity contribution in [3.05, 3.63) is 71.3 Å². The molecule has 1 saturated heterocycles. The fraction of sp³-hybridized carbons (Fsp3) is 0.375. The summed E-state index contributed by atoms with van der Waals surface area (Å²) in [5, 5.41) is 5.80. The SMILES string of the molecule is C[C@]1(CCc2ccccc2)NC(=O)N(CC(=O)N[C@@H]2CCCc3ccccc32)C1=O. The van der Waals surface area contributed by atoms with Crippen LogP contribution >= 0.6 is 0 Å². The molecule has 30 heavy (non-hydrogen) atoms. The Kier molecular flexibility index (Phi) is 5.57. The van der Waals surface area contributed by atoms with Crippen LogP contribution in [-0.2, 0) is 22.4 Å². The third kappa shape index (κ3) is 4.08. The van der Waals surface area contributed by atoms with Crippen LogP contribution < -0.4 is 10.6 Å². The van der Waals surface area contributed by atoms with E-state index in [4.69, 9.17) is 0 Å². The number of hydrogen-bond acceptors (Lipinski definition) is 3. The molecule has 1 aliphatic carbocycles. The lowest BCUT2D eigenvalue weighted by molar-refractivity contribution is -0.135. The van der Waals surface area contributed by atoms with Crippen molar-refractivity contribution in [2.24, 2.45) is 0 Å². The number of nitrogens with zero attached hydrogens (tertiary/aromatic N) is 1. The highest BCUT2D eigenvalue weighted by Gasteiger charge is 2.47. The van der Waals surface area contributed by atoms with Gasteiger partial charge in [0.05, 0.1) is 6.04 Å². The quantitative estimate of drug-likeness (QED) is 0.725. The van der Waals surface area contributed by atoms with Crippen LogP contribution in [0.25, 0.3) is 0 Å². The third-order valence-electron chi connectivity index (χ3n) is 6.11. The first-order valence-electron chi connectivity index (χ1n) is 10.5. The molecule has 0 bridgehead atoms. The highest BCUT2D eigenvalue weighted by Crippen LogP contribution is 2.29. The van der Waals surface area contributed by atoms with Gasteiger partial charge in [0.25, 0.3) is 5.91 Å². The van der Waals surface area contributed by atoms with E-state index in [0.717, 1.165) is 35.3 Å². The fourth-order valence-electron chi connectivity index (χ4n) is 4.39. The topological polar surface area (TPSA) is 78.5 Å². The maximum Gasteiger partial charge on any atom is 0.325 e. The molecule has 0 spiro atoms. The third-order valence-corrected chi connectivity index (χ3v) is 6.11. The van der Waals surface area contributed by atoms with Crippen LogP contribution in [0.5, 0.6) is 0 Å². The number of amides is 4. The highest BCUT2D eigenvalue weighted by molar-refractivity contribution is 6.08. The van der Waals surface area contributed by atoms with E-state index in [0.29, 0.717) is 12.8 Å². The summed E-state index contributed by atoms with van der Waals surface area (Å²) in [6.07, 6.45) is 4.02. The van der Waals surface area contributed by atoms with Crippen molar-refractivity contribution >= 4 is 17.8 Å². The van der Waals surface area contributed by atoms with Crippen LogP contribution in [0.1, 0.15) is 48.9 Å². The zero-order chi connectivity index (χ0) is 21.1. The van der Waals surface area contributed by atoms with Crippen molar-refractivity contribution in [3.8, 4) is 0 Å². The van der Waals surface area contributed by atoms with E-state index in [-0.39, 0.29) is 24.4 Å². The van der Waals surface area contributed by atoms with Crippen molar-refractivity contribution in [3.63, 3.8) is 0 Å². The number of imide groups is 1. The summed E-state index contributed by atoms with van der Waals surface area (Å²) in [6, 6.07) is 17.4. The number of fused-ring (bicyclic) bond motifs is 1. The van der Waals surface area contributed by atoms with Crippen LogP contribution in [0.3, 0.4) is 0 Å². The Balaban J connectivity index is 1.38. The lowest BCUT2D eigenvalue weighted by atomic mass is 9.88. The monoisotopic (exact) mass is 405 g/mol. The van der Waals surface area contributed by atoms with Gasteiger partial charge in [0.1, 0.15) is 12.1 Å². The van der Waals surface area contributed by atoms with E-state index in [1.807, 2.05) is 48.5 Å². The maximum atomic E-state index is 12.9. The predicted molar refractivity (Wildman–Crippen MR) is 114 cm³/mol. The molecule has 4 rings (SSSR count). The first-order valence-corrected chi connectivity index (χ1v) is 10.5. The summed E-state index contributed by atoms with van der Waals surface area (Å²) in [4.78, 5) is 39.1. The molecule has 1 aliphatic heterocycles. The van der Waals surface area contributed by atoms with Crippen LogP contribution in [0.15, 0.2) is 54.6 Å². The first-order chi connectivity index (χ1) is 14.5. The van der Waals surface area contributed by atoms with Crippen LogP contribution in [0, 0.1) is 0 Å². The number of carbonyl (C=O) groups is 3. The molecule has 2 aromatic carbocycles. The van der Waals surface area contributed by atoms with Gasteiger partial charge in [-0.15, -0.1) is 0 Å². The summed E-state index contributed by atoms with van der Waals surface area (Å²) >= 11 is 0. The minimum atomic E-state index is -0.995. The van der Waals surface area contributed by atoms with E-state index in [9.17, 15) is 14.4 Å². The van der Waals surface area contributed by atoms with Gasteiger partial charge in [-0.05, 0) is 55.7 Å². The number of nitrogens with one attached hydrogen (secondary N) is 2. The van der Waals surface area contributed by atoms with Gasteiger partial charge in [-0.3, -0.25) is 14.5 Å². The zero-order valence-electron chi connectivity index (χ0n) is 17.2. The molecule has 2 aliphatic rings. The lowest BCUT2D eigenvalue weighted by Crippen LogP contribution is -2.46. The van der Waals surface area contributed by atoms with Crippen LogP contribution in [0.4, 0.5) is 4.79 Å². The fourth-order valence-corrected chi connectivity index (χ4v) is 4.39. The number of benzene rings is 2. The lowest BCUT2D eigenvalue weighted by Gasteiger charge is -2.27. The summed E-state index contributed by atoms with van der Waals surface area (Å²) in [5.74, 6) is -0.657. The molecule has 0 radical (unpaired) electrons. The number of carbonyl (C=O) groups excluding carboxylic acids is 3. The van der Waals surface area contributed by atoms with Crippen molar-refractivity contribution < 1.29 is 14.4 Å². The van der Waals surface area contributed by atoms with Gasteiger partial charge in [0.2, 0.25) is 5.91 Å². The normalized spacial score (nSPS) is 23.1. The Morgan fingerprint density at radius 1 is 1.13 bits per heavy atom. The minimum absolute atomic E-state index is 0.0762. The van der Waals surface area contributed by atoms with Crippen molar-refractivity contribution in [1.29, 1.82) is 0 Å². The summed E-state index contributed by atoms with van der Waals surface area (Å²) in [6.45, 7) is 1.47. The second-order valence-electron chi connectivity index (χ2n) is 8.35. The Morgan fingerprint density at radius 3 is 2.67 bits per heavy atom. The van der Waals surface area contributed by atoms with E-state index in [1.165, 1.54) is 5.56 Å². The summed E-state index contributed by atoms with van der Waals surface area (Å²) in [7, 11) is 0. The molecule has 4 amide bonds. The Morgan fingerprint density at radius 2 is 1.87 bits per heavy atom. The van der Waals surface area contributed by atoms with Gasteiger partial charge < -0.3 is 10.6 Å². The van der Waals surface area contributed by atoms with Crippen molar-refractivity contribution in [1.82, 2.24) is 15.5 Å². The minimum Gasteiger partial charge on any atom is -0.348 e. The largest absolute Gasteiger partial charge is 0.348 e. The van der Waals surface area contributed by atoms with Gasteiger partial charge >= 0.3 is 6.03 Å². The van der Waals surface area contributed by atoms with Crippen LogP contribution in [0.2, 0.25) is 0 Å².